The van der Waals surface area contributed by atoms with Gasteiger partial charge >= 0.3 is 0 Å². The second kappa shape index (κ2) is 4.66. The van der Waals surface area contributed by atoms with Crippen molar-refractivity contribution in [3.8, 4) is 0 Å². The number of fused-ring (bicyclic) bond motifs is 1. The number of hydrogen-bond donors (Lipinski definition) is 1. The van der Waals surface area contributed by atoms with Crippen LogP contribution >= 0.6 is 0 Å². The monoisotopic (exact) mass is 251 g/mol. The van der Waals surface area contributed by atoms with Crippen LogP contribution in [0.3, 0.4) is 0 Å². The van der Waals surface area contributed by atoms with E-state index in [1.165, 1.54) is 0 Å². The van der Waals surface area contributed by atoms with Crippen LogP contribution in [0.5, 0.6) is 0 Å². The van der Waals surface area contributed by atoms with Gasteiger partial charge in [0.15, 0.2) is 5.82 Å². The summed E-state index contributed by atoms with van der Waals surface area (Å²) in [5, 5.41) is 14.8. The summed E-state index contributed by atoms with van der Waals surface area (Å²) in [5.41, 5.74) is 2.39. The zero-order valence-electron chi connectivity index (χ0n) is 10.3. The maximum atomic E-state index is 10.4. The number of hydrogen-bond acceptors (Lipinski definition) is 3. The van der Waals surface area contributed by atoms with Crippen LogP contribution < -0.4 is 0 Å². The normalized spacial score (nSPS) is 12.5. The lowest BCUT2D eigenvalue weighted by molar-refractivity contribution is 0.213. The molecule has 0 radical (unpaired) electrons. The molecular weight excluding hydrogens is 238 g/mol. The van der Waals surface area contributed by atoms with Gasteiger partial charge in [-0.1, -0.05) is 36.9 Å². The highest BCUT2D eigenvalue weighted by atomic mass is 16.3. The highest BCUT2D eigenvalue weighted by Gasteiger charge is 2.15. The fourth-order valence-electron chi connectivity index (χ4n) is 2.04. The van der Waals surface area contributed by atoms with Gasteiger partial charge in [-0.3, -0.25) is 0 Å². The van der Waals surface area contributed by atoms with Gasteiger partial charge in [0.2, 0.25) is 0 Å². The summed E-state index contributed by atoms with van der Waals surface area (Å²) in [6.45, 7) is 3.65. The maximum Gasteiger partial charge on any atom is 0.172 e. The number of aliphatic hydroxyl groups excluding tert-OH is 1. The molecule has 1 aromatic carbocycles. The molecule has 19 heavy (non-hydrogen) atoms. The van der Waals surface area contributed by atoms with Crippen molar-refractivity contribution in [2.24, 2.45) is 0 Å². The summed E-state index contributed by atoms with van der Waals surface area (Å²) in [5.74, 6) is 0.533. The van der Waals surface area contributed by atoms with Crippen LogP contribution in [0.1, 0.15) is 23.2 Å². The molecule has 2 heterocycles. The average molecular weight is 251 g/mol. The molecule has 0 amide bonds. The molecule has 4 nitrogen and oxygen atoms in total. The Bertz CT molecular complexity index is 719. The number of aromatic nitrogens is 3. The van der Waals surface area contributed by atoms with Crippen molar-refractivity contribution in [2.75, 3.05) is 0 Å². The number of benzene rings is 1. The quantitative estimate of drug-likeness (QED) is 0.778. The van der Waals surface area contributed by atoms with Crippen LogP contribution in [-0.2, 0) is 0 Å². The van der Waals surface area contributed by atoms with Gasteiger partial charge < -0.3 is 5.11 Å². The Morgan fingerprint density at radius 1 is 1.16 bits per heavy atom. The molecule has 0 aliphatic heterocycles. The predicted octanol–water partition coefficient (Wildman–Crippen LogP) is 2.45. The van der Waals surface area contributed by atoms with Crippen LogP contribution in [0.4, 0.5) is 0 Å². The van der Waals surface area contributed by atoms with E-state index in [1.54, 1.807) is 16.8 Å². The standard InChI is InChI=1S/C15H13N3O/c1-2-14-16-10-12-8-9-13(18(12)17-14)15(19)11-6-4-3-5-7-11/h2-10,15,19H,1H2. The molecule has 1 unspecified atom stereocenters. The van der Waals surface area contributed by atoms with Gasteiger partial charge in [-0.15, -0.1) is 5.10 Å². The summed E-state index contributed by atoms with van der Waals surface area (Å²) in [7, 11) is 0. The molecule has 0 spiro atoms. The summed E-state index contributed by atoms with van der Waals surface area (Å²) >= 11 is 0. The highest BCUT2D eigenvalue weighted by Crippen LogP contribution is 2.23. The van der Waals surface area contributed by atoms with E-state index < -0.39 is 6.10 Å². The van der Waals surface area contributed by atoms with E-state index >= 15 is 0 Å². The minimum absolute atomic E-state index is 0.533. The third-order valence-electron chi connectivity index (χ3n) is 3.02. The first-order chi connectivity index (χ1) is 9.29. The van der Waals surface area contributed by atoms with Crippen molar-refractivity contribution in [3.05, 3.63) is 72.3 Å². The van der Waals surface area contributed by atoms with Crippen LogP contribution in [0, 0.1) is 0 Å². The van der Waals surface area contributed by atoms with Gasteiger partial charge in [0.1, 0.15) is 6.10 Å². The first kappa shape index (κ1) is 11.6. The van der Waals surface area contributed by atoms with E-state index in [9.17, 15) is 5.11 Å². The third kappa shape index (κ3) is 2.02. The Kier molecular flexibility index (Phi) is 2.85. The molecule has 0 fully saturated rings. The van der Waals surface area contributed by atoms with E-state index in [4.69, 9.17) is 0 Å². The fourth-order valence-corrected chi connectivity index (χ4v) is 2.04. The Hall–Kier alpha value is -2.46. The lowest BCUT2D eigenvalue weighted by atomic mass is 10.1. The molecule has 0 bridgehead atoms. The maximum absolute atomic E-state index is 10.4. The van der Waals surface area contributed by atoms with E-state index in [2.05, 4.69) is 16.7 Å². The van der Waals surface area contributed by atoms with E-state index in [1.807, 2.05) is 42.5 Å². The number of nitrogens with zero attached hydrogens (tertiary/aromatic N) is 3. The van der Waals surface area contributed by atoms with E-state index in [-0.39, 0.29) is 0 Å². The Balaban J connectivity index is 2.12. The van der Waals surface area contributed by atoms with Crippen molar-refractivity contribution < 1.29 is 5.11 Å². The van der Waals surface area contributed by atoms with Gasteiger partial charge in [-0.2, -0.15) is 0 Å². The number of rotatable bonds is 3. The van der Waals surface area contributed by atoms with Crippen LogP contribution in [0.25, 0.3) is 11.6 Å². The Morgan fingerprint density at radius 3 is 2.68 bits per heavy atom. The third-order valence-corrected chi connectivity index (χ3v) is 3.02. The summed E-state index contributed by atoms with van der Waals surface area (Å²) < 4.78 is 1.70. The largest absolute Gasteiger partial charge is 0.382 e. The fraction of sp³-hybridized carbons (Fsp3) is 0.0667. The summed E-state index contributed by atoms with van der Waals surface area (Å²) in [6, 6.07) is 13.2. The zero-order valence-corrected chi connectivity index (χ0v) is 10.3. The van der Waals surface area contributed by atoms with E-state index in [0.29, 0.717) is 11.5 Å². The van der Waals surface area contributed by atoms with Gasteiger partial charge in [-0.25, -0.2) is 9.50 Å². The van der Waals surface area contributed by atoms with Crippen molar-refractivity contribution in [2.45, 2.75) is 6.10 Å². The summed E-state index contributed by atoms with van der Waals surface area (Å²) in [6.07, 6.45) is 2.58. The molecule has 0 saturated carbocycles. The van der Waals surface area contributed by atoms with Gasteiger partial charge in [0, 0.05) is 0 Å². The number of aliphatic hydroxyl groups is 1. The molecule has 1 N–H and O–H groups in total. The first-order valence-electron chi connectivity index (χ1n) is 6.00. The molecule has 94 valence electrons. The lowest BCUT2D eigenvalue weighted by Crippen LogP contribution is -2.07. The van der Waals surface area contributed by atoms with Crippen LogP contribution in [-0.4, -0.2) is 19.7 Å². The zero-order chi connectivity index (χ0) is 13.2. The smallest absolute Gasteiger partial charge is 0.172 e. The minimum atomic E-state index is -0.712. The molecule has 2 aromatic heterocycles. The van der Waals surface area contributed by atoms with Gasteiger partial charge in [-0.05, 0) is 23.8 Å². The lowest BCUT2D eigenvalue weighted by Gasteiger charge is -2.10. The van der Waals surface area contributed by atoms with Crippen molar-refractivity contribution in [1.29, 1.82) is 0 Å². The Morgan fingerprint density at radius 2 is 1.95 bits per heavy atom. The first-order valence-corrected chi connectivity index (χ1v) is 6.00. The van der Waals surface area contributed by atoms with Crippen molar-refractivity contribution in [1.82, 2.24) is 14.6 Å². The minimum Gasteiger partial charge on any atom is -0.382 e. The molecule has 0 saturated heterocycles. The second-order valence-corrected chi connectivity index (χ2v) is 4.23. The molecule has 3 aromatic rings. The van der Waals surface area contributed by atoms with E-state index in [0.717, 1.165) is 11.1 Å². The predicted molar refractivity (Wildman–Crippen MR) is 73.6 cm³/mol. The van der Waals surface area contributed by atoms with Crippen molar-refractivity contribution >= 4 is 11.6 Å². The molecule has 4 heteroatoms. The van der Waals surface area contributed by atoms with Crippen LogP contribution in [0.2, 0.25) is 0 Å². The highest BCUT2D eigenvalue weighted by molar-refractivity contribution is 5.49. The molecule has 1 atom stereocenters. The molecule has 3 rings (SSSR count). The molecular formula is C15H13N3O. The molecule has 0 aliphatic rings. The summed E-state index contributed by atoms with van der Waals surface area (Å²) in [4.78, 5) is 4.14. The van der Waals surface area contributed by atoms with Crippen molar-refractivity contribution in [3.63, 3.8) is 0 Å². The Labute approximate surface area is 110 Å². The van der Waals surface area contributed by atoms with Gasteiger partial charge in [0.25, 0.3) is 0 Å². The SMILES string of the molecule is C=Cc1ncc2ccc(C(O)c3ccccc3)n2n1. The second-order valence-electron chi connectivity index (χ2n) is 4.23. The average Bonchev–Trinajstić information content (AvgIpc) is 2.90. The topological polar surface area (TPSA) is 50.4 Å². The van der Waals surface area contributed by atoms with Crippen LogP contribution in [0.15, 0.2) is 55.2 Å². The molecule has 0 aliphatic carbocycles. The van der Waals surface area contributed by atoms with Gasteiger partial charge in [0.05, 0.1) is 17.4 Å².